The Morgan fingerprint density at radius 2 is 1.79 bits per heavy atom. The van der Waals surface area contributed by atoms with Gasteiger partial charge in [0.25, 0.3) is 5.91 Å². The molecule has 0 aliphatic carbocycles. The number of carbonyl (C=O) groups is 2. The molecule has 2 amide bonds. The van der Waals surface area contributed by atoms with Gasteiger partial charge in [-0.2, -0.15) is 0 Å². The first-order chi connectivity index (χ1) is 14.2. The van der Waals surface area contributed by atoms with Crippen LogP contribution in [0.15, 0.2) is 54.6 Å². The molecule has 2 aromatic carbocycles. The molecule has 0 radical (unpaired) electrons. The third-order valence-electron chi connectivity index (χ3n) is 4.97. The molecule has 29 heavy (non-hydrogen) atoms. The zero-order chi connectivity index (χ0) is 20.5. The summed E-state index contributed by atoms with van der Waals surface area (Å²) in [6, 6.07) is 15.3. The van der Waals surface area contributed by atoms with E-state index < -0.39 is 0 Å². The van der Waals surface area contributed by atoms with Crippen LogP contribution in [0, 0.1) is 0 Å². The lowest BCUT2D eigenvalue weighted by Gasteiger charge is -2.30. The lowest BCUT2D eigenvalue weighted by Crippen LogP contribution is -2.33. The van der Waals surface area contributed by atoms with Gasteiger partial charge >= 0.3 is 0 Å². The number of rotatable bonds is 7. The van der Waals surface area contributed by atoms with Gasteiger partial charge in [0.15, 0.2) is 0 Å². The molecule has 3 rings (SSSR count). The Balaban J connectivity index is 1.77. The summed E-state index contributed by atoms with van der Waals surface area (Å²) in [5.74, 6) is -0.317. The highest BCUT2D eigenvalue weighted by molar-refractivity contribution is 6.05. The van der Waals surface area contributed by atoms with Crippen LogP contribution in [0.4, 0.5) is 11.4 Å². The lowest BCUT2D eigenvalue weighted by molar-refractivity contribution is -0.111. The van der Waals surface area contributed by atoms with Crippen LogP contribution in [0.3, 0.4) is 0 Å². The molecule has 1 fully saturated rings. The molecule has 2 N–H and O–H groups in total. The molecule has 1 aliphatic rings. The Hall–Kier alpha value is -3.08. The van der Waals surface area contributed by atoms with Gasteiger partial charge < -0.3 is 15.5 Å². The van der Waals surface area contributed by atoms with Gasteiger partial charge in [-0.15, -0.1) is 0 Å². The number of hydrogen-bond acceptors (Lipinski definition) is 3. The molecular formula is C24H29N3O2. The van der Waals surface area contributed by atoms with Crippen molar-refractivity contribution >= 4 is 29.3 Å². The maximum atomic E-state index is 12.8. The number of amides is 2. The highest BCUT2D eigenvalue weighted by atomic mass is 16.2. The molecule has 0 atom stereocenters. The standard InChI is InChI=1S/C24H29N3O2/c1-2-15-25-24(29)21-18-20(12-13-22(21)27-16-7-4-8-17-27)26-23(28)14-11-19-9-5-3-6-10-19/h3,5-6,9-14,18H,2,4,7-8,15-17H2,1H3,(H,25,29)(H,26,28). The van der Waals surface area contributed by atoms with Gasteiger partial charge in [0, 0.05) is 37.1 Å². The monoisotopic (exact) mass is 391 g/mol. The molecule has 0 bridgehead atoms. The van der Waals surface area contributed by atoms with E-state index in [0.29, 0.717) is 17.8 Å². The quantitative estimate of drug-likeness (QED) is 0.685. The average Bonchev–Trinajstić information content (AvgIpc) is 2.77. The van der Waals surface area contributed by atoms with Crippen LogP contribution >= 0.6 is 0 Å². The fourth-order valence-corrected chi connectivity index (χ4v) is 3.46. The van der Waals surface area contributed by atoms with Gasteiger partial charge in [0.2, 0.25) is 5.91 Å². The maximum Gasteiger partial charge on any atom is 0.253 e. The van der Waals surface area contributed by atoms with E-state index >= 15 is 0 Å². The first-order valence-electron chi connectivity index (χ1n) is 10.4. The fourth-order valence-electron chi connectivity index (χ4n) is 3.46. The highest BCUT2D eigenvalue weighted by Gasteiger charge is 2.19. The van der Waals surface area contributed by atoms with Crippen LogP contribution in [-0.4, -0.2) is 31.4 Å². The summed E-state index contributed by atoms with van der Waals surface area (Å²) in [6.07, 6.45) is 7.66. The van der Waals surface area contributed by atoms with Gasteiger partial charge in [0.1, 0.15) is 0 Å². The highest BCUT2D eigenvalue weighted by Crippen LogP contribution is 2.27. The van der Waals surface area contributed by atoms with Crippen molar-refractivity contribution in [3.05, 3.63) is 65.7 Å². The Morgan fingerprint density at radius 1 is 1.03 bits per heavy atom. The fraction of sp³-hybridized carbons (Fsp3) is 0.333. The van der Waals surface area contributed by atoms with Crippen LogP contribution in [-0.2, 0) is 4.79 Å². The van der Waals surface area contributed by atoms with Crippen molar-refractivity contribution in [3.63, 3.8) is 0 Å². The lowest BCUT2D eigenvalue weighted by atomic mass is 10.1. The summed E-state index contributed by atoms with van der Waals surface area (Å²) in [4.78, 5) is 27.3. The first kappa shape index (κ1) is 20.6. The minimum atomic E-state index is -0.223. The average molecular weight is 392 g/mol. The maximum absolute atomic E-state index is 12.8. The van der Waals surface area contributed by atoms with Crippen molar-refractivity contribution < 1.29 is 9.59 Å². The van der Waals surface area contributed by atoms with Crippen LogP contribution in [0.5, 0.6) is 0 Å². The van der Waals surface area contributed by atoms with Crippen LogP contribution in [0.1, 0.15) is 48.5 Å². The van der Waals surface area contributed by atoms with Gasteiger partial charge in [-0.1, -0.05) is 37.3 Å². The number of benzene rings is 2. The number of piperidine rings is 1. The van der Waals surface area contributed by atoms with E-state index in [9.17, 15) is 9.59 Å². The summed E-state index contributed by atoms with van der Waals surface area (Å²) in [6.45, 7) is 4.58. The van der Waals surface area contributed by atoms with Crippen molar-refractivity contribution in [1.82, 2.24) is 5.32 Å². The molecule has 1 saturated heterocycles. The van der Waals surface area contributed by atoms with Gasteiger partial charge in [-0.05, 0) is 55.5 Å². The number of nitrogens with one attached hydrogen (secondary N) is 2. The first-order valence-corrected chi connectivity index (χ1v) is 10.4. The van der Waals surface area contributed by atoms with Crippen molar-refractivity contribution in [2.75, 3.05) is 29.9 Å². The van der Waals surface area contributed by atoms with Crippen molar-refractivity contribution in [3.8, 4) is 0 Å². The minimum absolute atomic E-state index is 0.0941. The topological polar surface area (TPSA) is 61.4 Å². The van der Waals surface area contributed by atoms with E-state index in [-0.39, 0.29) is 11.8 Å². The molecule has 0 aromatic heterocycles. The predicted octanol–water partition coefficient (Wildman–Crippen LogP) is 4.47. The van der Waals surface area contributed by atoms with E-state index in [1.54, 1.807) is 12.1 Å². The molecular weight excluding hydrogens is 362 g/mol. The molecule has 0 spiro atoms. The molecule has 0 unspecified atom stereocenters. The zero-order valence-electron chi connectivity index (χ0n) is 17.0. The van der Waals surface area contributed by atoms with Gasteiger partial charge in [0.05, 0.1) is 5.56 Å². The SMILES string of the molecule is CCCNC(=O)c1cc(NC(=O)C=Cc2ccccc2)ccc1N1CCCCC1. The van der Waals surface area contributed by atoms with E-state index in [4.69, 9.17) is 0 Å². The summed E-state index contributed by atoms with van der Waals surface area (Å²) in [5.41, 5.74) is 3.14. The smallest absolute Gasteiger partial charge is 0.253 e. The Labute approximate surface area is 172 Å². The second kappa shape index (κ2) is 10.5. The predicted molar refractivity (Wildman–Crippen MR) is 119 cm³/mol. The van der Waals surface area contributed by atoms with E-state index in [1.165, 1.54) is 12.5 Å². The van der Waals surface area contributed by atoms with E-state index in [2.05, 4.69) is 15.5 Å². The molecule has 1 aliphatic heterocycles. The molecule has 1 heterocycles. The summed E-state index contributed by atoms with van der Waals surface area (Å²) < 4.78 is 0. The second-order valence-corrected chi connectivity index (χ2v) is 7.27. The Morgan fingerprint density at radius 3 is 2.52 bits per heavy atom. The van der Waals surface area contributed by atoms with Gasteiger partial charge in [-0.25, -0.2) is 0 Å². The summed E-state index contributed by atoms with van der Waals surface area (Å²) in [7, 11) is 0. The second-order valence-electron chi connectivity index (χ2n) is 7.27. The summed E-state index contributed by atoms with van der Waals surface area (Å²) in [5, 5.41) is 5.83. The van der Waals surface area contributed by atoms with Gasteiger partial charge in [-0.3, -0.25) is 9.59 Å². The number of hydrogen-bond donors (Lipinski definition) is 2. The summed E-state index contributed by atoms with van der Waals surface area (Å²) >= 11 is 0. The molecule has 5 heteroatoms. The number of carbonyl (C=O) groups excluding carboxylic acids is 2. The molecule has 152 valence electrons. The minimum Gasteiger partial charge on any atom is -0.371 e. The molecule has 2 aromatic rings. The third-order valence-corrected chi connectivity index (χ3v) is 4.97. The van der Waals surface area contributed by atoms with E-state index in [0.717, 1.165) is 43.6 Å². The van der Waals surface area contributed by atoms with Crippen molar-refractivity contribution in [2.45, 2.75) is 32.6 Å². The van der Waals surface area contributed by atoms with Crippen molar-refractivity contribution in [2.24, 2.45) is 0 Å². The normalized spacial score (nSPS) is 14.0. The Kier molecular flexibility index (Phi) is 7.45. The Bertz CT molecular complexity index is 856. The van der Waals surface area contributed by atoms with Crippen LogP contribution in [0.25, 0.3) is 6.08 Å². The van der Waals surface area contributed by atoms with Crippen molar-refractivity contribution in [1.29, 1.82) is 0 Å². The molecule has 5 nitrogen and oxygen atoms in total. The third kappa shape index (κ3) is 5.95. The largest absolute Gasteiger partial charge is 0.371 e. The van der Waals surface area contributed by atoms with Crippen LogP contribution < -0.4 is 15.5 Å². The van der Waals surface area contributed by atoms with E-state index in [1.807, 2.05) is 49.4 Å². The number of anilines is 2. The number of nitrogens with zero attached hydrogens (tertiary/aromatic N) is 1. The van der Waals surface area contributed by atoms with Crippen LogP contribution in [0.2, 0.25) is 0 Å². The zero-order valence-corrected chi connectivity index (χ0v) is 17.0. The molecule has 0 saturated carbocycles.